The molecule has 0 saturated carbocycles. The van der Waals surface area contributed by atoms with Crippen LogP contribution in [0.2, 0.25) is 5.02 Å². The molecule has 2 N–H and O–H groups in total. The number of hydrogen-bond acceptors (Lipinski definition) is 2. The lowest BCUT2D eigenvalue weighted by Gasteiger charge is -2.30. The first-order chi connectivity index (χ1) is 9.03. The van der Waals surface area contributed by atoms with Crippen LogP contribution in [0.15, 0.2) is 18.2 Å². The molecule has 0 aliphatic heterocycles. The van der Waals surface area contributed by atoms with Gasteiger partial charge >= 0.3 is 0 Å². The highest BCUT2D eigenvalue weighted by atomic mass is 35.5. The third-order valence-corrected chi connectivity index (χ3v) is 4.19. The van der Waals surface area contributed by atoms with E-state index in [1.807, 2.05) is 0 Å². The lowest BCUT2D eigenvalue weighted by atomic mass is 10.0. The summed E-state index contributed by atoms with van der Waals surface area (Å²) in [6.45, 7) is 9.75. The lowest BCUT2D eigenvalue weighted by Crippen LogP contribution is -2.32. The fourth-order valence-electron chi connectivity index (χ4n) is 2.28. The van der Waals surface area contributed by atoms with Crippen LogP contribution in [0.5, 0.6) is 0 Å². The van der Waals surface area contributed by atoms with Crippen LogP contribution >= 0.6 is 11.6 Å². The van der Waals surface area contributed by atoms with Crippen molar-refractivity contribution in [2.75, 3.05) is 11.4 Å². The van der Waals surface area contributed by atoms with E-state index in [9.17, 15) is 0 Å². The van der Waals surface area contributed by atoms with E-state index < -0.39 is 0 Å². The number of anilines is 1. The van der Waals surface area contributed by atoms with E-state index in [0.717, 1.165) is 36.4 Å². The second kappa shape index (κ2) is 7.76. The molecule has 2 atom stereocenters. The molecule has 0 bridgehead atoms. The minimum atomic E-state index is 0.195. The largest absolute Gasteiger partial charge is 0.369 e. The van der Waals surface area contributed by atoms with Gasteiger partial charge in [0, 0.05) is 29.3 Å². The second-order valence-corrected chi connectivity index (χ2v) is 5.60. The topological polar surface area (TPSA) is 29.3 Å². The summed E-state index contributed by atoms with van der Waals surface area (Å²) in [5.74, 6) is 0. The molecule has 19 heavy (non-hydrogen) atoms. The molecule has 1 aromatic rings. The van der Waals surface area contributed by atoms with Crippen molar-refractivity contribution in [1.82, 2.24) is 0 Å². The molecule has 108 valence electrons. The van der Waals surface area contributed by atoms with Crippen LogP contribution < -0.4 is 10.6 Å². The SMILES string of the molecule is CCC(N)Cc1ccc(N(CC)C(C)CC)cc1Cl. The Balaban J connectivity index is 2.91. The molecule has 0 fully saturated rings. The second-order valence-electron chi connectivity index (χ2n) is 5.19. The number of hydrogen-bond donors (Lipinski definition) is 1. The Hall–Kier alpha value is -0.730. The lowest BCUT2D eigenvalue weighted by molar-refractivity contribution is 0.629. The van der Waals surface area contributed by atoms with Crippen molar-refractivity contribution < 1.29 is 0 Å². The number of rotatable bonds is 7. The standard InChI is InChI=1S/C16H27ClN2/c1-5-12(4)19(7-3)15-9-8-13(16(17)11-15)10-14(18)6-2/h8-9,11-12,14H,5-7,10,18H2,1-4H3. The van der Waals surface area contributed by atoms with Gasteiger partial charge in [-0.1, -0.05) is 31.5 Å². The van der Waals surface area contributed by atoms with E-state index in [0.29, 0.717) is 6.04 Å². The van der Waals surface area contributed by atoms with Gasteiger partial charge in [0.2, 0.25) is 0 Å². The van der Waals surface area contributed by atoms with Crippen molar-refractivity contribution in [3.8, 4) is 0 Å². The Morgan fingerprint density at radius 3 is 2.37 bits per heavy atom. The summed E-state index contributed by atoms with van der Waals surface area (Å²) in [5.41, 5.74) is 8.36. The van der Waals surface area contributed by atoms with Crippen LogP contribution in [0.25, 0.3) is 0 Å². The van der Waals surface area contributed by atoms with Crippen LogP contribution in [0.1, 0.15) is 46.1 Å². The number of nitrogens with zero attached hydrogens (tertiary/aromatic N) is 1. The molecule has 0 amide bonds. The molecular formula is C16H27ClN2. The van der Waals surface area contributed by atoms with Crippen molar-refractivity contribution in [1.29, 1.82) is 0 Å². The molecule has 0 aliphatic rings. The number of nitrogens with two attached hydrogens (primary N) is 1. The van der Waals surface area contributed by atoms with Crippen LogP contribution in [0.4, 0.5) is 5.69 Å². The van der Waals surface area contributed by atoms with Gasteiger partial charge in [-0.25, -0.2) is 0 Å². The van der Waals surface area contributed by atoms with Gasteiger partial charge in [-0.15, -0.1) is 0 Å². The van der Waals surface area contributed by atoms with Gasteiger partial charge < -0.3 is 10.6 Å². The molecule has 3 heteroatoms. The first-order valence-corrected chi connectivity index (χ1v) is 7.71. The maximum atomic E-state index is 6.40. The fraction of sp³-hybridized carbons (Fsp3) is 0.625. The molecule has 0 radical (unpaired) electrons. The van der Waals surface area contributed by atoms with Gasteiger partial charge in [-0.2, -0.15) is 0 Å². The monoisotopic (exact) mass is 282 g/mol. The van der Waals surface area contributed by atoms with E-state index in [1.54, 1.807) is 0 Å². The van der Waals surface area contributed by atoms with Gasteiger partial charge in [0.1, 0.15) is 0 Å². The highest BCUT2D eigenvalue weighted by Gasteiger charge is 2.13. The predicted octanol–water partition coefficient (Wildman–Crippen LogP) is 4.24. The fourth-order valence-corrected chi connectivity index (χ4v) is 2.53. The summed E-state index contributed by atoms with van der Waals surface area (Å²) in [6, 6.07) is 7.09. The molecule has 0 aliphatic carbocycles. The van der Waals surface area contributed by atoms with Crippen molar-refractivity contribution in [3.05, 3.63) is 28.8 Å². The molecule has 0 saturated heterocycles. The molecule has 1 rings (SSSR count). The molecular weight excluding hydrogens is 256 g/mol. The third kappa shape index (κ3) is 4.39. The minimum absolute atomic E-state index is 0.195. The molecule has 2 unspecified atom stereocenters. The van der Waals surface area contributed by atoms with Crippen molar-refractivity contribution in [2.45, 2.75) is 59.0 Å². The molecule has 0 spiro atoms. The van der Waals surface area contributed by atoms with Crippen LogP contribution in [0.3, 0.4) is 0 Å². The highest BCUT2D eigenvalue weighted by Crippen LogP contribution is 2.26. The highest BCUT2D eigenvalue weighted by molar-refractivity contribution is 6.31. The molecule has 0 heterocycles. The van der Waals surface area contributed by atoms with E-state index in [2.05, 4.69) is 50.8 Å². The normalized spacial score (nSPS) is 14.2. The molecule has 0 aromatic heterocycles. The first-order valence-electron chi connectivity index (χ1n) is 7.34. The number of halogens is 1. The van der Waals surface area contributed by atoms with Gasteiger partial charge in [0.25, 0.3) is 0 Å². The Labute approximate surface area is 122 Å². The smallest absolute Gasteiger partial charge is 0.0459 e. The molecule has 2 nitrogen and oxygen atoms in total. The summed E-state index contributed by atoms with van der Waals surface area (Å²) in [4.78, 5) is 2.38. The average molecular weight is 283 g/mol. The quantitative estimate of drug-likeness (QED) is 0.810. The van der Waals surface area contributed by atoms with Gasteiger partial charge in [0.15, 0.2) is 0 Å². The Kier molecular flexibility index (Phi) is 6.67. The predicted molar refractivity (Wildman–Crippen MR) is 86.2 cm³/mol. The zero-order valence-corrected chi connectivity index (χ0v) is 13.4. The van der Waals surface area contributed by atoms with Gasteiger partial charge in [0.05, 0.1) is 0 Å². The van der Waals surface area contributed by atoms with Gasteiger partial charge in [-0.05, 0) is 50.8 Å². The zero-order valence-electron chi connectivity index (χ0n) is 12.6. The van der Waals surface area contributed by atoms with E-state index in [1.165, 1.54) is 5.69 Å². The van der Waals surface area contributed by atoms with Gasteiger partial charge in [-0.3, -0.25) is 0 Å². The van der Waals surface area contributed by atoms with E-state index in [-0.39, 0.29) is 6.04 Å². The minimum Gasteiger partial charge on any atom is -0.369 e. The summed E-state index contributed by atoms with van der Waals surface area (Å²) in [5, 5.41) is 0.836. The Morgan fingerprint density at radius 2 is 1.89 bits per heavy atom. The van der Waals surface area contributed by atoms with E-state index in [4.69, 9.17) is 17.3 Å². The van der Waals surface area contributed by atoms with Crippen LogP contribution in [-0.4, -0.2) is 18.6 Å². The maximum Gasteiger partial charge on any atom is 0.0459 e. The van der Waals surface area contributed by atoms with E-state index >= 15 is 0 Å². The van der Waals surface area contributed by atoms with Crippen molar-refractivity contribution in [2.24, 2.45) is 5.73 Å². The molecule has 1 aromatic carbocycles. The van der Waals surface area contributed by atoms with Crippen LogP contribution in [-0.2, 0) is 6.42 Å². The first kappa shape index (κ1) is 16.3. The summed E-state index contributed by atoms with van der Waals surface area (Å²) < 4.78 is 0. The third-order valence-electron chi connectivity index (χ3n) is 3.84. The maximum absolute atomic E-state index is 6.40. The zero-order chi connectivity index (χ0) is 14.4. The van der Waals surface area contributed by atoms with Crippen molar-refractivity contribution in [3.63, 3.8) is 0 Å². The Bertz CT molecular complexity index is 392. The summed E-state index contributed by atoms with van der Waals surface area (Å²) in [6.07, 6.45) is 2.96. The van der Waals surface area contributed by atoms with Crippen molar-refractivity contribution >= 4 is 17.3 Å². The summed E-state index contributed by atoms with van der Waals surface area (Å²) in [7, 11) is 0. The summed E-state index contributed by atoms with van der Waals surface area (Å²) >= 11 is 6.40. The number of benzene rings is 1. The Morgan fingerprint density at radius 1 is 1.21 bits per heavy atom. The van der Waals surface area contributed by atoms with Crippen LogP contribution in [0, 0.1) is 0 Å². The average Bonchev–Trinajstić information content (AvgIpc) is 2.42.